The van der Waals surface area contributed by atoms with Crippen LogP contribution in [0.2, 0.25) is 0 Å². The van der Waals surface area contributed by atoms with Crippen LogP contribution in [0.15, 0.2) is 18.2 Å². The lowest BCUT2D eigenvalue weighted by Crippen LogP contribution is -2.41. The molecule has 0 radical (unpaired) electrons. The number of amides is 1. The van der Waals surface area contributed by atoms with Gasteiger partial charge >= 0.3 is 0 Å². The van der Waals surface area contributed by atoms with Gasteiger partial charge in [-0.3, -0.25) is 9.69 Å². The fraction of sp³-hybridized carbons (Fsp3) is 0.632. The van der Waals surface area contributed by atoms with Crippen molar-refractivity contribution in [2.24, 2.45) is 5.92 Å². The van der Waals surface area contributed by atoms with E-state index in [0.29, 0.717) is 24.4 Å². The molecule has 1 aromatic rings. The van der Waals surface area contributed by atoms with Gasteiger partial charge in [0.2, 0.25) is 5.91 Å². The van der Waals surface area contributed by atoms with Crippen molar-refractivity contribution in [2.45, 2.75) is 32.1 Å². The predicted octanol–water partition coefficient (Wildman–Crippen LogP) is 2.47. The lowest BCUT2D eigenvalue weighted by molar-refractivity contribution is -0.121. The molecule has 3 rings (SSSR count). The van der Waals surface area contributed by atoms with Gasteiger partial charge in [-0.15, -0.1) is 0 Å². The summed E-state index contributed by atoms with van der Waals surface area (Å²) in [5.74, 6) is 0.706. The van der Waals surface area contributed by atoms with Gasteiger partial charge in [-0.1, -0.05) is 12.1 Å². The monoisotopic (exact) mass is 334 g/mol. The van der Waals surface area contributed by atoms with Crippen molar-refractivity contribution in [3.8, 4) is 0 Å². The number of aryl methyl sites for hydroxylation is 1. The largest absolute Gasteiger partial charge is 0.379 e. The van der Waals surface area contributed by atoms with E-state index in [1.807, 2.05) is 12.1 Å². The second-order valence-corrected chi connectivity index (χ2v) is 6.96. The predicted molar refractivity (Wildman–Crippen MR) is 91.5 cm³/mol. The first kappa shape index (κ1) is 17.4. The van der Waals surface area contributed by atoms with Crippen LogP contribution in [0.25, 0.3) is 0 Å². The van der Waals surface area contributed by atoms with Crippen LogP contribution in [0.1, 0.15) is 36.3 Å². The SMILES string of the molecule is Cc1cc(C(CC(=O)NCCN2CCOCC2)C2CC2)ccc1F. The van der Waals surface area contributed by atoms with Crippen molar-refractivity contribution in [1.82, 2.24) is 10.2 Å². The molecule has 5 heteroatoms. The molecule has 1 unspecified atom stereocenters. The van der Waals surface area contributed by atoms with Gasteiger partial charge in [-0.2, -0.15) is 0 Å². The highest BCUT2D eigenvalue weighted by atomic mass is 19.1. The summed E-state index contributed by atoms with van der Waals surface area (Å²) >= 11 is 0. The van der Waals surface area contributed by atoms with Gasteiger partial charge in [0.15, 0.2) is 0 Å². The summed E-state index contributed by atoms with van der Waals surface area (Å²) in [5.41, 5.74) is 1.76. The molecule has 1 aliphatic heterocycles. The fourth-order valence-electron chi connectivity index (χ4n) is 3.40. The zero-order valence-corrected chi connectivity index (χ0v) is 14.4. The summed E-state index contributed by atoms with van der Waals surface area (Å²) in [6, 6.07) is 5.27. The number of benzene rings is 1. The minimum absolute atomic E-state index is 0.0992. The highest BCUT2D eigenvalue weighted by Crippen LogP contribution is 2.44. The lowest BCUT2D eigenvalue weighted by atomic mass is 9.89. The van der Waals surface area contributed by atoms with Crippen LogP contribution in [-0.4, -0.2) is 50.2 Å². The number of carbonyl (C=O) groups is 1. The fourth-order valence-corrected chi connectivity index (χ4v) is 3.40. The Labute approximate surface area is 143 Å². The Balaban J connectivity index is 1.49. The van der Waals surface area contributed by atoms with Gasteiger partial charge in [0, 0.05) is 32.6 Å². The summed E-state index contributed by atoms with van der Waals surface area (Å²) in [4.78, 5) is 14.6. The quantitative estimate of drug-likeness (QED) is 0.833. The number of hydrogen-bond donors (Lipinski definition) is 1. The molecule has 1 aliphatic carbocycles. The highest BCUT2D eigenvalue weighted by Gasteiger charge is 2.33. The number of nitrogens with zero attached hydrogens (tertiary/aromatic N) is 1. The average Bonchev–Trinajstić information content (AvgIpc) is 3.41. The van der Waals surface area contributed by atoms with Crippen molar-refractivity contribution >= 4 is 5.91 Å². The summed E-state index contributed by atoms with van der Waals surface area (Å²) < 4.78 is 18.8. The van der Waals surface area contributed by atoms with Gasteiger partial charge < -0.3 is 10.1 Å². The molecule has 1 aromatic carbocycles. The molecule has 2 fully saturated rings. The zero-order valence-electron chi connectivity index (χ0n) is 14.4. The second kappa shape index (κ2) is 8.08. The summed E-state index contributed by atoms with van der Waals surface area (Å²) in [6.45, 7) is 6.77. The first-order valence-electron chi connectivity index (χ1n) is 8.96. The van der Waals surface area contributed by atoms with Crippen molar-refractivity contribution in [1.29, 1.82) is 0 Å². The van der Waals surface area contributed by atoms with E-state index in [0.717, 1.165) is 38.4 Å². The first-order chi connectivity index (χ1) is 11.6. The van der Waals surface area contributed by atoms with Crippen LogP contribution in [-0.2, 0) is 9.53 Å². The minimum Gasteiger partial charge on any atom is -0.379 e. The third-order valence-corrected chi connectivity index (χ3v) is 5.06. The van der Waals surface area contributed by atoms with Gasteiger partial charge in [-0.25, -0.2) is 4.39 Å². The molecule has 1 saturated heterocycles. The first-order valence-corrected chi connectivity index (χ1v) is 8.96. The normalized spacial score (nSPS) is 19.9. The number of hydrogen-bond acceptors (Lipinski definition) is 3. The van der Waals surface area contributed by atoms with E-state index in [9.17, 15) is 9.18 Å². The molecule has 1 atom stereocenters. The van der Waals surface area contributed by atoms with E-state index in [2.05, 4.69) is 10.2 Å². The highest BCUT2D eigenvalue weighted by molar-refractivity contribution is 5.77. The lowest BCUT2D eigenvalue weighted by Gasteiger charge is -2.26. The third kappa shape index (κ3) is 4.77. The topological polar surface area (TPSA) is 41.6 Å². The van der Waals surface area contributed by atoms with Gasteiger partial charge in [0.1, 0.15) is 5.82 Å². The van der Waals surface area contributed by atoms with E-state index in [4.69, 9.17) is 4.74 Å². The smallest absolute Gasteiger partial charge is 0.220 e. The Morgan fingerprint density at radius 1 is 1.38 bits per heavy atom. The molecule has 2 aliphatic rings. The standard InChI is InChI=1S/C19H27FN2O2/c1-14-12-16(4-5-18(14)20)17(15-2-3-15)13-19(23)21-6-7-22-8-10-24-11-9-22/h4-5,12,15,17H,2-3,6-11,13H2,1H3,(H,21,23). The van der Waals surface area contributed by atoms with Gasteiger partial charge in [0.25, 0.3) is 0 Å². The van der Waals surface area contributed by atoms with Crippen molar-refractivity contribution < 1.29 is 13.9 Å². The number of carbonyl (C=O) groups excluding carboxylic acids is 1. The molecule has 0 bridgehead atoms. The third-order valence-electron chi connectivity index (χ3n) is 5.06. The van der Waals surface area contributed by atoms with Crippen molar-refractivity contribution in [3.63, 3.8) is 0 Å². The second-order valence-electron chi connectivity index (χ2n) is 6.96. The Morgan fingerprint density at radius 2 is 2.12 bits per heavy atom. The minimum atomic E-state index is -0.178. The molecule has 1 amide bonds. The van der Waals surface area contributed by atoms with E-state index in [1.165, 1.54) is 18.9 Å². The Kier molecular flexibility index (Phi) is 5.85. The molecule has 1 saturated carbocycles. The van der Waals surface area contributed by atoms with Crippen LogP contribution in [0.3, 0.4) is 0 Å². The summed E-state index contributed by atoms with van der Waals surface area (Å²) in [5, 5.41) is 3.04. The van der Waals surface area contributed by atoms with Gasteiger partial charge in [0.05, 0.1) is 13.2 Å². The average molecular weight is 334 g/mol. The van der Waals surface area contributed by atoms with Crippen LogP contribution < -0.4 is 5.32 Å². The van der Waals surface area contributed by atoms with Crippen LogP contribution in [0, 0.1) is 18.7 Å². The Bertz CT molecular complexity index is 568. The molecule has 0 spiro atoms. The van der Waals surface area contributed by atoms with Crippen LogP contribution >= 0.6 is 0 Å². The van der Waals surface area contributed by atoms with E-state index < -0.39 is 0 Å². The van der Waals surface area contributed by atoms with Crippen LogP contribution in [0.5, 0.6) is 0 Å². The number of halogens is 1. The molecule has 4 nitrogen and oxygen atoms in total. The molecule has 24 heavy (non-hydrogen) atoms. The molecule has 1 N–H and O–H groups in total. The zero-order chi connectivity index (χ0) is 16.9. The van der Waals surface area contributed by atoms with Crippen molar-refractivity contribution in [2.75, 3.05) is 39.4 Å². The Hall–Kier alpha value is -1.46. The van der Waals surface area contributed by atoms with E-state index >= 15 is 0 Å². The number of morpholine rings is 1. The number of rotatable bonds is 7. The summed E-state index contributed by atoms with van der Waals surface area (Å²) in [6.07, 6.45) is 2.84. The molecular weight excluding hydrogens is 307 g/mol. The molecule has 1 heterocycles. The van der Waals surface area contributed by atoms with Crippen molar-refractivity contribution in [3.05, 3.63) is 35.1 Å². The Morgan fingerprint density at radius 3 is 2.79 bits per heavy atom. The van der Waals surface area contributed by atoms with E-state index in [1.54, 1.807) is 6.92 Å². The van der Waals surface area contributed by atoms with Crippen LogP contribution in [0.4, 0.5) is 4.39 Å². The molecule has 0 aromatic heterocycles. The molecule has 132 valence electrons. The molecular formula is C19H27FN2O2. The summed E-state index contributed by atoms with van der Waals surface area (Å²) in [7, 11) is 0. The number of nitrogens with one attached hydrogen (secondary N) is 1. The number of ether oxygens (including phenoxy) is 1. The van der Waals surface area contributed by atoms with Gasteiger partial charge in [-0.05, 0) is 48.8 Å². The maximum Gasteiger partial charge on any atom is 0.220 e. The maximum absolute atomic E-state index is 13.5. The van der Waals surface area contributed by atoms with E-state index in [-0.39, 0.29) is 17.6 Å². The maximum atomic E-state index is 13.5.